The van der Waals surface area contributed by atoms with E-state index in [0.717, 1.165) is 12.2 Å². The van der Waals surface area contributed by atoms with E-state index in [-0.39, 0.29) is 0 Å². The SMILES string of the molecule is CC(C)(C)OC(=O)NCCCNc1cc(N)ccn1. The Labute approximate surface area is 113 Å². The van der Waals surface area contributed by atoms with Gasteiger partial charge < -0.3 is 21.1 Å². The standard InChI is InChI=1S/C13H22N4O2/c1-13(2,3)19-12(18)17-7-4-6-15-11-9-10(14)5-8-16-11/h5,8-9H,4,6-7H2,1-3H3,(H,17,18)(H3,14,15,16). The summed E-state index contributed by atoms with van der Waals surface area (Å²) in [4.78, 5) is 15.5. The lowest BCUT2D eigenvalue weighted by Crippen LogP contribution is -2.33. The molecule has 0 spiro atoms. The first-order chi connectivity index (χ1) is 8.87. The van der Waals surface area contributed by atoms with Crippen LogP contribution < -0.4 is 16.4 Å². The summed E-state index contributed by atoms with van der Waals surface area (Å²) in [5, 5.41) is 5.81. The summed E-state index contributed by atoms with van der Waals surface area (Å²) in [6.07, 6.45) is 2.03. The smallest absolute Gasteiger partial charge is 0.407 e. The van der Waals surface area contributed by atoms with Crippen LogP contribution in [-0.4, -0.2) is 29.8 Å². The van der Waals surface area contributed by atoms with Crippen LogP contribution in [0.1, 0.15) is 27.2 Å². The minimum atomic E-state index is -0.464. The Hall–Kier alpha value is -1.98. The molecule has 0 aliphatic carbocycles. The van der Waals surface area contributed by atoms with Crippen molar-refractivity contribution in [3.63, 3.8) is 0 Å². The largest absolute Gasteiger partial charge is 0.444 e. The second-order valence-electron chi connectivity index (χ2n) is 5.18. The molecule has 6 nitrogen and oxygen atoms in total. The van der Waals surface area contributed by atoms with E-state index in [1.165, 1.54) is 0 Å². The highest BCUT2D eigenvalue weighted by atomic mass is 16.6. The van der Waals surface area contributed by atoms with Crippen LogP contribution in [0.2, 0.25) is 0 Å². The maximum absolute atomic E-state index is 11.4. The number of hydrogen-bond acceptors (Lipinski definition) is 5. The van der Waals surface area contributed by atoms with Gasteiger partial charge in [0.15, 0.2) is 0 Å². The Morgan fingerprint density at radius 1 is 1.42 bits per heavy atom. The lowest BCUT2D eigenvalue weighted by atomic mass is 10.2. The summed E-state index contributed by atoms with van der Waals surface area (Å²) < 4.78 is 5.12. The summed E-state index contributed by atoms with van der Waals surface area (Å²) in [7, 11) is 0. The van der Waals surface area contributed by atoms with Crippen LogP contribution in [0, 0.1) is 0 Å². The Bertz CT molecular complexity index is 415. The molecular formula is C13H22N4O2. The third-order valence-electron chi connectivity index (χ3n) is 2.11. The van der Waals surface area contributed by atoms with E-state index in [4.69, 9.17) is 10.5 Å². The van der Waals surface area contributed by atoms with E-state index in [1.807, 2.05) is 20.8 Å². The average Bonchev–Trinajstić information content (AvgIpc) is 2.26. The maximum Gasteiger partial charge on any atom is 0.407 e. The molecule has 1 amide bonds. The number of hydrogen-bond donors (Lipinski definition) is 3. The minimum absolute atomic E-state index is 0.394. The number of rotatable bonds is 5. The van der Waals surface area contributed by atoms with E-state index in [9.17, 15) is 4.79 Å². The molecular weight excluding hydrogens is 244 g/mol. The number of carbonyl (C=O) groups is 1. The number of aromatic nitrogens is 1. The molecule has 0 aliphatic rings. The Balaban J connectivity index is 2.13. The minimum Gasteiger partial charge on any atom is -0.444 e. The molecule has 1 rings (SSSR count). The third kappa shape index (κ3) is 7.13. The molecule has 19 heavy (non-hydrogen) atoms. The van der Waals surface area contributed by atoms with Crippen molar-refractivity contribution in [3.05, 3.63) is 18.3 Å². The van der Waals surface area contributed by atoms with Crippen molar-refractivity contribution in [2.24, 2.45) is 0 Å². The molecule has 1 aromatic heterocycles. The monoisotopic (exact) mass is 266 g/mol. The highest BCUT2D eigenvalue weighted by Gasteiger charge is 2.15. The third-order valence-corrected chi connectivity index (χ3v) is 2.11. The Morgan fingerprint density at radius 2 is 2.16 bits per heavy atom. The van der Waals surface area contributed by atoms with Gasteiger partial charge in [0.25, 0.3) is 0 Å². The van der Waals surface area contributed by atoms with Gasteiger partial charge in [-0.05, 0) is 33.3 Å². The fourth-order valence-corrected chi connectivity index (χ4v) is 1.35. The second kappa shape index (κ2) is 6.82. The summed E-state index contributed by atoms with van der Waals surface area (Å²) in [5.41, 5.74) is 5.84. The number of alkyl carbamates (subject to hydrolysis) is 1. The molecule has 106 valence electrons. The van der Waals surface area contributed by atoms with Crippen molar-refractivity contribution in [2.75, 3.05) is 24.1 Å². The van der Waals surface area contributed by atoms with Crippen LogP contribution in [0.5, 0.6) is 0 Å². The van der Waals surface area contributed by atoms with Gasteiger partial charge in [0.1, 0.15) is 11.4 Å². The molecule has 0 saturated carbocycles. The van der Waals surface area contributed by atoms with Gasteiger partial charge >= 0.3 is 6.09 Å². The number of nitrogens with two attached hydrogens (primary N) is 1. The number of anilines is 2. The predicted molar refractivity (Wildman–Crippen MR) is 76.0 cm³/mol. The van der Waals surface area contributed by atoms with Crippen LogP contribution in [0.25, 0.3) is 0 Å². The molecule has 0 bridgehead atoms. The van der Waals surface area contributed by atoms with Crippen LogP contribution in [0.3, 0.4) is 0 Å². The maximum atomic E-state index is 11.4. The average molecular weight is 266 g/mol. The molecule has 0 saturated heterocycles. The number of nitrogens with one attached hydrogen (secondary N) is 2. The lowest BCUT2D eigenvalue weighted by molar-refractivity contribution is 0.0528. The fraction of sp³-hybridized carbons (Fsp3) is 0.538. The Morgan fingerprint density at radius 3 is 2.79 bits per heavy atom. The van der Waals surface area contributed by atoms with Crippen molar-refractivity contribution in [1.29, 1.82) is 0 Å². The molecule has 1 heterocycles. The molecule has 0 radical (unpaired) electrons. The molecule has 0 aromatic carbocycles. The lowest BCUT2D eigenvalue weighted by Gasteiger charge is -2.19. The Kier molecular flexibility index (Phi) is 5.41. The van der Waals surface area contributed by atoms with Gasteiger partial charge in [0, 0.05) is 31.0 Å². The van der Waals surface area contributed by atoms with Crippen LogP contribution in [0.15, 0.2) is 18.3 Å². The highest BCUT2D eigenvalue weighted by Crippen LogP contribution is 2.07. The number of carbonyl (C=O) groups excluding carboxylic acids is 1. The van der Waals surface area contributed by atoms with Crippen molar-refractivity contribution in [3.8, 4) is 0 Å². The van der Waals surface area contributed by atoms with Crippen molar-refractivity contribution >= 4 is 17.6 Å². The number of pyridine rings is 1. The van der Waals surface area contributed by atoms with Crippen molar-refractivity contribution in [2.45, 2.75) is 32.8 Å². The molecule has 6 heteroatoms. The summed E-state index contributed by atoms with van der Waals surface area (Å²) in [6.45, 7) is 6.75. The predicted octanol–water partition coefficient (Wildman–Crippen LogP) is 1.99. The van der Waals surface area contributed by atoms with Crippen molar-refractivity contribution in [1.82, 2.24) is 10.3 Å². The summed E-state index contributed by atoms with van der Waals surface area (Å²) in [5.74, 6) is 0.734. The number of nitrogen functional groups attached to an aromatic ring is 1. The molecule has 0 fully saturated rings. The van der Waals surface area contributed by atoms with E-state index < -0.39 is 11.7 Å². The van der Waals surface area contributed by atoms with E-state index >= 15 is 0 Å². The molecule has 4 N–H and O–H groups in total. The number of amides is 1. The second-order valence-corrected chi connectivity index (χ2v) is 5.18. The summed E-state index contributed by atoms with van der Waals surface area (Å²) in [6, 6.07) is 3.50. The quantitative estimate of drug-likeness (QED) is 0.709. The highest BCUT2D eigenvalue weighted by molar-refractivity contribution is 5.67. The zero-order valence-corrected chi connectivity index (χ0v) is 11.7. The van der Waals surface area contributed by atoms with Gasteiger partial charge in [-0.25, -0.2) is 9.78 Å². The van der Waals surface area contributed by atoms with Gasteiger partial charge in [0.05, 0.1) is 0 Å². The summed E-state index contributed by atoms with van der Waals surface area (Å²) >= 11 is 0. The molecule has 0 unspecified atom stereocenters. The number of ether oxygens (including phenoxy) is 1. The topological polar surface area (TPSA) is 89.3 Å². The van der Waals surface area contributed by atoms with Gasteiger partial charge in [-0.3, -0.25) is 0 Å². The molecule has 1 aromatic rings. The van der Waals surface area contributed by atoms with Gasteiger partial charge in [-0.15, -0.1) is 0 Å². The van der Waals surface area contributed by atoms with Crippen molar-refractivity contribution < 1.29 is 9.53 Å². The van der Waals surface area contributed by atoms with E-state index in [2.05, 4.69) is 15.6 Å². The first-order valence-electron chi connectivity index (χ1n) is 6.29. The van der Waals surface area contributed by atoms with Gasteiger partial charge in [0.2, 0.25) is 0 Å². The molecule has 0 aliphatic heterocycles. The van der Waals surface area contributed by atoms with Crippen LogP contribution >= 0.6 is 0 Å². The first-order valence-corrected chi connectivity index (χ1v) is 6.29. The number of nitrogens with zero attached hydrogens (tertiary/aromatic N) is 1. The van der Waals surface area contributed by atoms with Crippen LogP contribution in [0.4, 0.5) is 16.3 Å². The van der Waals surface area contributed by atoms with E-state index in [1.54, 1.807) is 18.3 Å². The normalized spacial score (nSPS) is 10.9. The van der Waals surface area contributed by atoms with Gasteiger partial charge in [-0.1, -0.05) is 0 Å². The van der Waals surface area contributed by atoms with E-state index in [0.29, 0.717) is 18.8 Å². The first kappa shape index (κ1) is 15.1. The van der Waals surface area contributed by atoms with Gasteiger partial charge in [-0.2, -0.15) is 0 Å². The molecule has 0 atom stereocenters. The zero-order valence-electron chi connectivity index (χ0n) is 11.7. The van der Waals surface area contributed by atoms with Crippen LogP contribution in [-0.2, 0) is 4.74 Å². The fourth-order valence-electron chi connectivity index (χ4n) is 1.35. The zero-order chi connectivity index (χ0) is 14.3.